The number of pyridine rings is 1. The largest absolute Gasteiger partial charge is 0.492 e. The number of fused-ring (bicyclic) bond motifs is 2. The van der Waals surface area contributed by atoms with Gasteiger partial charge in [-0.2, -0.15) is 0 Å². The Kier molecular flexibility index (Phi) is 3.60. The van der Waals surface area contributed by atoms with E-state index in [9.17, 15) is 0 Å². The Hall–Kier alpha value is -1.29. The fourth-order valence-electron chi connectivity index (χ4n) is 3.35. The molecule has 0 amide bonds. The lowest BCUT2D eigenvalue weighted by molar-refractivity contribution is 0.0950. The van der Waals surface area contributed by atoms with Crippen LogP contribution in [0.15, 0.2) is 18.5 Å². The fraction of sp³-hybridized carbons (Fsp3) is 0.667. The van der Waals surface area contributed by atoms with E-state index in [1.54, 1.807) is 6.20 Å². The van der Waals surface area contributed by atoms with E-state index in [-0.39, 0.29) is 0 Å². The van der Waals surface area contributed by atoms with Crippen molar-refractivity contribution in [3.63, 3.8) is 0 Å². The van der Waals surface area contributed by atoms with E-state index in [0.717, 1.165) is 18.8 Å². The van der Waals surface area contributed by atoms with Crippen LogP contribution in [-0.4, -0.2) is 48.7 Å². The first-order valence-corrected chi connectivity index (χ1v) is 7.32. The van der Waals surface area contributed by atoms with Gasteiger partial charge >= 0.3 is 0 Å². The van der Waals surface area contributed by atoms with Crippen LogP contribution in [0.5, 0.6) is 5.75 Å². The SMILES string of the molecule is CCOc1cncc(N2CC3CCCC(C2)N3C)c1. The number of hydrogen-bond acceptors (Lipinski definition) is 4. The molecule has 2 bridgehead atoms. The van der Waals surface area contributed by atoms with Gasteiger partial charge in [0.15, 0.2) is 0 Å². The summed E-state index contributed by atoms with van der Waals surface area (Å²) in [6, 6.07) is 3.52. The van der Waals surface area contributed by atoms with E-state index in [4.69, 9.17) is 4.74 Å². The normalized spacial score (nSPS) is 27.4. The Labute approximate surface area is 115 Å². The first-order valence-electron chi connectivity index (χ1n) is 7.32. The number of nitrogens with zero attached hydrogens (tertiary/aromatic N) is 3. The Morgan fingerprint density at radius 3 is 2.68 bits per heavy atom. The minimum Gasteiger partial charge on any atom is -0.492 e. The number of piperidine rings is 1. The van der Waals surface area contributed by atoms with E-state index in [0.29, 0.717) is 18.7 Å². The lowest BCUT2D eigenvalue weighted by Gasteiger charge is -2.49. The molecule has 104 valence electrons. The quantitative estimate of drug-likeness (QED) is 0.833. The summed E-state index contributed by atoms with van der Waals surface area (Å²) in [5.41, 5.74) is 1.20. The molecule has 1 aromatic heterocycles. The highest BCUT2D eigenvalue weighted by Gasteiger charge is 2.34. The van der Waals surface area contributed by atoms with Crippen LogP contribution in [0, 0.1) is 0 Å². The van der Waals surface area contributed by atoms with Gasteiger partial charge in [-0.15, -0.1) is 0 Å². The van der Waals surface area contributed by atoms with E-state index < -0.39 is 0 Å². The van der Waals surface area contributed by atoms with Gasteiger partial charge in [0.1, 0.15) is 5.75 Å². The highest BCUT2D eigenvalue weighted by Crippen LogP contribution is 2.30. The third kappa shape index (κ3) is 2.54. The third-order valence-electron chi connectivity index (χ3n) is 4.46. The van der Waals surface area contributed by atoms with Crippen molar-refractivity contribution >= 4 is 5.69 Å². The van der Waals surface area contributed by atoms with E-state index >= 15 is 0 Å². The maximum atomic E-state index is 5.55. The Bertz CT molecular complexity index is 423. The number of anilines is 1. The van der Waals surface area contributed by atoms with Crippen LogP contribution < -0.4 is 9.64 Å². The molecular formula is C15H23N3O. The Balaban J connectivity index is 1.77. The van der Waals surface area contributed by atoms with Crippen LogP contribution in [0.3, 0.4) is 0 Å². The summed E-state index contributed by atoms with van der Waals surface area (Å²) in [6.45, 7) is 4.93. The predicted octanol–water partition coefficient (Wildman–Crippen LogP) is 2.15. The zero-order valence-corrected chi connectivity index (χ0v) is 11.9. The second-order valence-electron chi connectivity index (χ2n) is 5.62. The summed E-state index contributed by atoms with van der Waals surface area (Å²) in [7, 11) is 2.28. The van der Waals surface area contributed by atoms with Crippen molar-refractivity contribution < 1.29 is 4.74 Å². The van der Waals surface area contributed by atoms with Crippen LogP contribution in [0.25, 0.3) is 0 Å². The number of likely N-dealkylation sites (N-methyl/N-ethyl adjacent to an activating group) is 1. The summed E-state index contributed by atoms with van der Waals surface area (Å²) < 4.78 is 5.55. The molecule has 0 spiro atoms. The molecule has 0 N–H and O–H groups in total. The molecule has 3 rings (SSSR count). The highest BCUT2D eigenvalue weighted by molar-refractivity contribution is 5.49. The van der Waals surface area contributed by atoms with Crippen molar-refractivity contribution in [2.45, 2.75) is 38.3 Å². The van der Waals surface area contributed by atoms with Crippen LogP contribution in [0.4, 0.5) is 5.69 Å². The standard InChI is InChI=1S/C15H23N3O/c1-3-19-15-7-14(8-16-9-15)18-10-12-5-4-6-13(11-18)17(12)2/h7-9,12-13H,3-6,10-11H2,1-2H3. The van der Waals surface area contributed by atoms with Crippen molar-refractivity contribution in [3.05, 3.63) is 18.5 Å². The molecule has 2 atom stereocenters. The van der Waals surface area contributed by atoms with Gasteiger partial charge in [0.2, 0.25) is 0 Å². The van der Waals surface area contributed by atoms with Crippen LogP contribution >= 0.6 is 0 Å². The highest BCUT2D eigenvalue weighted by atomic mass is 16.5. The van der Waals surface area contributed by atoms with Crippen LogP contribution in [0.2, 0.25) is 0 Å². The summed E-state index contributed by atoms with van der Waals surface area (Å²) in [5, 5.41) is 0. The minimum absolute atomic E-state index is 0.694. The summed E-state index contributed by atoms with van der Waals surface area (Å²) in [6.07, 6.45) is 7.78. The molecule has 2 aliphatic heterocycles. The van der Waals surface area contributed by atoms with Gasteiger partial charge in [0.25, 0.3) is 0 Å². The van der Waals surface area contributed by atoms with E-state index in [1.807, 2.05) is 13.1 Å². The van der Waals surface area contributed by atoms with Gasteiger partial charge < -0.3 is 9.64 Å². The molecule has 2 unspecified atom stereocenters. The number of aromatic nitrogens is 1. The van der Waals surface area contributed by atoms with Gasteiger partial charge in [-0.05, 0) is 26.8 Å². The van der Waals surface area contributed by atoms with E-state index in [2.05, 4.69) is 27.9 Å². The zero-order valence-electron chi connectivity index (χ0n) is 11.9. The summed E-state index contributed by atoms with van der Waals surface area (Å²) in [4.78, 5) is 9.36. The molecule has 0 radical (unpaired) electrons. The molecule has 2 fully saturated rings. The fourth-order valence-corrected chi connectivity index (χ4v) is 3.35. The summed E-state index contributed by atoms with van der Waals surface area (Å²) >= 11 is 0. The van der Waals surface area contributed by atoms with Gasteiger partial charge in [0, 0.05) is 31.2 Å². The second kappa shape index (κ2) is 5.37. The summed E-state index contributed by atoms with van der Waals surface area (Å²) in [5.74, 6) is 0.879. The first-order chi connectivity index (χ1) is 9.28. The second-order valence-corrected chi connectivity index (χ2v) is 5.62. The Morgan fingerprint density at radius 1 is 1.26 bits per heavy atom. The topological polar surface area (TPSA) is 28.6 Å². The minimum atomic E-state index is 0.694. The first kappa shape index (κ1) is 12.7. The lowest BCUT2D eigenvalue weighted by Crippen LogP contribution is -2.59. The molecule has 1 aromatic rings. The zero-order chi connectivity index (χ0) is 13.2. The smallest absolute Gasteiger partial charge is 0.139 e. The molecule has 4 heteroatoms. The van der Waals surface area contributed by atoms with Crippen molar-refractivity contribution in [2.75, 3.05) is 31.6 Å². The van der Waals surface area contributed by atoms with Gasteiger partial charge in [0.05, 0.1) is 24.7 Å². The maximum absolute atomic E-state index is 5.55. The van der Waals surface area contributed by atoms with Gasteiger partial charge in [-0.25, -0.2) is 0 Å². The molecule has 0 saturated carbocycles. The van der Waals surface area contributed by atoms with Gasteiger partial charge in [-0.3, -0.25) is 9.88 Å². The average molecular weight is 261 g/mol. The molecule has 19 heavy (non-hydrogen) atoms. The number of piperazine rings is 1. The number of rotatable bonds is 3. The lowest BCUT2D eigenvalue weighted by atomic mass is 9.92. The average Bonchev–Trinajstić information content (AvgIpc) is 2.39. The molecule has 0 aliphatic carbocycles. The molecule has 4 nitrogen and oxygen atoms in total. The van der Waals surface area contributed by atoms with Crippen LogP contribution in [-0.2, 0) is 0 Å². The van der Waals surface area contributed by atoms with Crippen LogP contribution in [0.1, 0.15) is 26.2 Å². The molecule has 3 heterocycles. The molecule has 0 aromatic carbocycles. The van der Waals surface area contributed by atoms with Crippen molar-refractivity contribution in [2.24, 2.45) is 0 Å². The van der Waals surface area contributed by atoms with Crippen molar-refractivity contribution in [3.8, 4) is 5.75 Å². The molecule has 2 saturated heterocycles. The number of ether oxygens (including phenoxy) is 1. The van der Waals surface area contributed by atoms with Crippen molar-refractivity contribution in [1.29, 1.82) is 0 Å². The van der Waals surface area contributed by atoms with E-state index in [1.165, 1.54) is 24.9 Å². The molecular weight excluding hydrogens is 238 g/mol. The third-order valence-corrected chi connectivity index (χ3v) is 4.46. The van der Waals surface area contributed by atoms with Gasteiger partial charge in [-0.1, -0.05) is 6.42 Å². The number of hydrogen-bond donors (Lipinski definition) is 0. The monoisotopic (exact) mass is 261 g/mol. The Morgan fingerprint density at radius 2 is 2.00 bits per heavy atom. The van der Waals surface area contributed by atoms with Crippen molar-refractivity contribution in [1.82, 2.24) is 9.88 Å². The molecule has 2 aliphatic rings. The predicted molar refractivity (Wildman–Crippen MR) is 76.8 cm³/mol. The maximum Gasteiger partial charge on any atom is 0.139 e.